The minimum absolute atomic E-state index is 0.135. The van der Waals surface area contributed by atoms with Gasteiger partial charge in [-0.25, -0.2) is 4.98 Å². The highest BCUT2D eigenvalue weighted by Crippen LogP contribution is 2.47. The molecule has 0 radical (unpaired) electrons. The van der Waals surface area contributed by atoms with Crippen molar-refractivity contribution in [2.75, 3.05) is 11.6 Å². The topological polar surface area (TPSA) is 71.1 Å². The Labute approximate surface area is 185 Å². The lowest BCUT2D eigenvalue weighted by Crippen LogP contribution is -2.35. The van der Waals surface area contributed by atoms with Gasteiger partial charge in [0.25, 0.3) is 5.91 Å². The van der Waals surface area contributed by atoms with E-state index in [1.54, 1.807) is 29.2 Å². The molecule has 30 heavy (non-hydrogen) atoms. The van der Waals surface area contributed by atoms with Gasteiger partial charge < -0.3 is 10.6 Å². The Kier molecular flexibility index (Phi) is 5.84. The van der Waals surface area contributed by atoms with Gasteiger partial charge in [-0.3, -0.25) is 9.59 Å². The van der Waals surface area contributed by atoms with Crippen LogP contribution in [-0.4, -0.2) is 22.9 Å². The van der Waals surface area contributed by atoms with Gasteiger partial charge in [0.15, 0.2) is 5.78 Å². The number of thioether (sulfide) groups is 1. The molecular formula is C23H25N3O2S2. The molecule has 2 aromatic heterocycles. The van der Waals surface area contributed by atoms with Crippen molar-refractivity contribution >= 4 is 40.6 Å². The molecule has 0 aromatic carbocycles. The Hall–Kier alpha value is -2.38. The van der Waals surface area contributed by atoms with E-state index in [1.807, 2.05) is 32.2 Å². The predicted molar refractivity (Wildman–Crippen MR) is 123 cm³/mol. The number of dihydropyridines is 1. The minimum atomic E-state index is -0.355. The molecule has 0 saturated carbocycles. The summed E-state index contributed by atoms with van der Waals surface area (Å²) in [6.45, 7) is 5.88. The molecule has 1 aliphatic carbocycles. The number of rotatable bonds is 4. The summed E-state index contributed by atoms with van der Waals surface area (Å²) in [7, 11) is 0. The van der Waals surface area contributed by atoms with E-state index in [4.69, 9.17) is 0 Å². The zero-order valence-electron chi connectivity index (χ0n) is 17.6. The molecule has 5 nitrogen and oxygen atoms in total. The Morgan fingerprint density at radius 2 is 2.07 bits per heavy atom. The Morgan fingerprint density at radius 3 is 2.80 bits per heavy atom. The van der Waals surface area contributed by atoms with Crippen molar-refractivity contribution in [2.45, 2.75) is 50.2 Å². The van der Waals surface area contributed by atoms with Gasteiger partial charge in [-0.1, -0.05) is 6.07 Å². The summed E-state index contributed by atoms with van der Waals surface area (Å²) >= 11 is 3.38. The van der Waals surface area contributed by atoms with E-state index in [0.717, 1.165) is 45.3 Å². The lowest BCUT2D eigenvalue weighted by molar-refractivity contribution is -0.116. The fourth-order valence-electron chi connectivity index (χ4n) is 4.26. The number of nitrogens with zero attached hydrogens (tertiary/aromatic N) is 1. The third-order valence-electron chi connectivity index (χ3n) is 5.49. The van der Waals surface area contributed by atoms with Crippen molar-refractivity contribution in [2.24, 2.45) is 0 Å². The van der Waals surface area contributed by atoms with E-state index in [1.165, 1.54) is 4.88 Å². The molecule has 2 aromatic rings. The van der Waals surface area contributed by atoms with E-state index in [-0.39, 0.29) is 17.6 Å². The standard InChI is InChI=1S/C23H25N3O2S2/c1-12-7-5-10-18(24-12)26-22(28)19-14(3)25-16-8-6-9-17(27)21(16)20(19)15-11-13(2)30-23(15)29-4/h5,7,10-11,20,25H,6,8-9H2,1-4H3,(H,24,26,28)/t20-/m1/s1. The molecule has 0 bridgehead atoms. The molecule has 4 rings (SSSR count). The van der Waals surface area contributed by atoms with E-state index in [2.05, 4.69) is 28.6 Å². The van der Waals surface area contributed by atoms with Gasteiger partial charge in [0.2, 0.25) is 0 Å². The third-order valence-corrected chi connectivity index (χ3v) is 7.71. The molecule has 3 heterocycles. The van der Waals surface area contributed by atoms with Crippen LogP contribution in [0.4, 0.5) is 5.82 Å². The lowest BCUT2D eigenvalue weighted by atomic mass is 9.75. The molecule has 1 atom stereocenters. The molecular weight excluding hydrogens is 414 g/mol. The van der Waals surface area contributed by atoms with Crippen LogP contribution in [0.3, 0.4) is 0 Å². The summed E-state index contributed by atoms with van der Waals surface area (Å²) < 4.78 is 1.15. The quantitative estimate of drug-likeness (QED) is 0.650. The van der Waals surface area contributed by atoms with Crippen LogP contribution in [0.1, 0.15) is 48.2 Å². The molecule has 7 heteroatoms. The van der Waals surface area contributed by atoms with Crippen molar-refractivity contribution in [3.05, 3.63) is 62.9 Å². The number of thiophene rings is 1. The maximum absolute atomic E-state index is 13.5. The van der Waals surface area contributed by atoms with Crippen LogP contribution in [0.5, 0.6) is 0 Å². The second kappa shape index (κ2) is 8.40. The number of carbonyl (C=O) groups excluding carboxylic acids is 2. The summed E-state index contributed by atoms with van der Waals surface area (Å²) in [5.41, 5.74) is 5.01. The number of amides is 1. The number of aromatic nitrogens is 1. The van der Waals surface area contributed by atoms with E-state index < -0.39 is 0 Å². The summed E-state index contributed by atoms with van der Waals surface area (Å²) in [5.74, 6) is 0.0757. The van der Waals surface area contributed by atoms with Crippen molar-refractivity contribution in [1.29, 1.82) is 0 Å². The summed E-state index contributed by atoms with van der Waals surface area (Å²) in [6.07, 6.45) is 4.25. The highest BCUT2D eigenvalue weighted by molar-refractivity contribution is 8.00. The first-order valence-electron chi connectivity index (χ1n) is 10.0. The third kappa shape index (κ3) is 3.84. The van der Waals surface area contributed by atoms with Gasteiger partial charge in [-0.2, -0.15) is 0 Å². The van der Waals surface area contributed by atoms with Crippen LogP contribution >= 0.6 is 23.1 Å². The number of aryl methyl sites for hydroxylation is 2. The monoisotopic (exact) mass is 439 g/mol. The fraction of sp³-hybridized carbons (Fsp3) is 0.348. The van der Waals surface area contributed by atoms with Crippen molar-refractivity contribution in [3.63, 3.8) is 0 Å². The van der Waals surface area contributed by atoms with E-state index in [9.17, 15) is 9.59 Å². The fourth-order valence-corrected chi connectivity index (χ4v) is 6.18. The first-order chi connectivity index (χ1) is 14.4. The molecule has 2 aliphatic rings. The Balaban J connectivity index is 1.82. The second-order valence-corrected chi connectivity index (χ2v) is 10.0. The molecule has 0 saturated heterocycles. The maximum atomic E-state index is 13.5. The van der Waals surface area contributed by atoms with Gasteiger partial charge in [0.1, 0.15) is 5.82 Å². The largest absolute Gasteiger partial charge is 0.362 e. The Bertz CT molecular complexity index is 1100. The SMILES string of the molecule is CSc1sc(C)cc1[C@@H]1C(C(=O)Nc2cccc(C)n2)=C(C)NC2=C1C(=O)CCC2. The first-order valence-corrected chi connectivity index (χ1v) is 12.1. The molecule has 0 unspecified atom stereocenters. The molecule has 2 N–H and O–H groups in total. The van der Waals surface area contributed by atoms with Crippen molar-refractivity contribution < 1.29 is 9.59 Å². The average Bonchev–Trinajstić information content (AvgIpc) is 3.07. The van der Waals surface area contributed by atoms with Gasteiger partial charge in [-0.15, -0.1) is 23.1 Å². The van der Waals surface area contributed by atoms with E-state index >= 15 is 0 Å². The molecule has 0 fully saturated rings. The van der Waals surface area contributed by atoms with Crippen molar-refractivity contribution in [1.82, 2.24) is 10.3 Å². The second-order valence-electron chi connectivity index (χ2n) is 7.69. The van der Waals surface area contributed by atoms with Gasteiger partial charge >= 0.3 is 0 Å². The number of hydrogen-bond donors (Lipinski definition) is 2. The number of nitrogens with one attached hydrogen (secondary N) is 2. The van der Waals surface area contributed by atoms with Gasteiger partial charge in [0.05, 0.1) is 4.21 Å². The zero-order chi connectivity index (χ0) is 21.4. The predicted octanol–water partition coefficient (Wildman–Crippen LogP) is 5.09. The van der Waals surface area contributed by atoms with Crippen LogP contribution in [0.25, 0.3) is 0 Å². The smallest absolute Gasteiger partial charge is 0.255 e. The Morgan fingerprint density at radius 1 is 1.27 bits per heavy atom. The van der Waals surface area contributed by atoms with E-state index in [0.29, 0.717) is 17.8 Å². The van der Waals surface area contributed by atoms with Gasteiger partial charge in [0, 0.05) is 45.5 Å². The van der Waals surface area contributed by atoms with Gasteiger partial charge in [-0.05, 0) is 63.6 Å². The lowest BCUT2D eigenvalue weighted by Gasteiger charge is -2.34. The van der Waals surface area contributed by atoms with Crippen LogP contribution in [0.2, 0.25) is 0 Å². The number of allylic oxidation sites excluding steroid dienone is 3. The molecule has 156 valence electrons. The van der Waals surface area contributed by atoms with Crippen LogP contribution in [0, 0.1) is 13.8 Å². The van der Waals surface area contributed by atoms with Crippen LogP contribution in [0.15, 0.2) is 51.0 Å². The number of Topliss-reactive ketones (excluding diaryl/α,β-unsaturated/α-hetero) is 1. The zero-order valence-corrected chi connectivity index (χ0v) is 19.2. The number of hydrogen-bond acceptors (Lipinski definition) is 6. The summed E-state index contributed by atoms with van der Waals surface area (Å²) in [4.78, 5) is 32.1. The molecule has 1 amide bonds. The van der Waals surface area contributed by atoms with Crippen LogP contribution < -0.4 is 10.6 Å². The highest BCUT2D eigenvalue weighted by atomic mass is 32.2. The number of pyridine rings is 1. The number of ketones is 1. The average molecular weight is 440 g/mol. The normalized spacial score (nSPS) is 18.9. The van der Waals surface area contributed by atoms with Crippen LogP contribution in [-0.2, 0) is 9.59 Å². The first kappa shape index (κ1) is 20.9. The number of carbonyl (C=O) groups is 2. The minimum Gasteiger partial charge on any atom is -0.362 e. The van der Waals surface area contributed by atoms with Crippen molar-refractivity contribution in [3.8, 4) is 0 Å². The number of anilines is 1. The molecule has 1 aliphatic heterocycles. The maximum Gasteiger partial charge on any atom is 0.255 e. The molecule has 0 spiro atoms. The highest BCUT2D eigenvalue weighted by Gasteiger charge is 2.40. The summed E-state index contributed by atoms with van der Waals surface area (Å²) in [5, 5.41) is 6.33. The summed E-state index contributed by atoms with van der Waals surface area (Å²) in [6, 6.07) is 7.67.